The molecule has 0 radical (unpaired) electrons. The predicted molar refractivity (Wildman–Crippen MR) is 68.1 cm³/mol. The van der Waals surface area contributed by atoms with Gasteiger partial charge in [-0.05, 0) is 31.5 Å². The van der Waals surface area contributed by atoms with E-state index in [0.717, 1.165) is 18.6 Å². The maximum Gasteiger partial charge on any atom is 0.416 e. The number of nitrogens with two attached hydrogens (primary N) is 1. The molecule has 0 aromatic heterocycles. The molecule has 2 atom stereocenters. The Kier molecular flexibility index (Phi) is 3.62. The fraction of sp³-hybridized carbons (Fsp3) is 0.538. The van der Waals surface area contributed by atoms with Crippen molar-refractivity contribution in [2.75, 3.05) is 24.3 Å². The Morgan fingerprint density at radius 3 is 2.53 bits per heavy atom. The van der Waals surface area contributed by atoms with Gasteiger partial charge in [-0.2, -0.15) is 13.2 Å². The molecule has 1 fully saturated rings. The topological polar surface area (TPSA) is 38.5 Å². The fourth-order valence-electron chi connectivity index (χ4n) is 2.46. The van der Waals surface area contributed by atoms with Gasteiger partial charge >= 0.3 is 6.18 Å². The summed E-state index contributed by atoms with van der Waals surface area (Å²) in [5, 5.41) is 0. The minimum Gasteiger partial charge on any atom is -0.397 e. The molecule has 3 nitrogen and oxygen atoms in total. The zero-order valence-corrected chi connectivity index (χ0v) is 10.9. The molecule has 0 saturated carbocycles. The van der Waals surface area contributed by atoms with Crippen LogP contribution in [-0.2, 0) is 10.9 Å². The smallest absolute Gasteiger partial charge is 0.397 e. The van der Waals surface area contributed by atoms with Crippen molar-refractivity contribution in [2.24, 2.45) is 0 Å². The molecule has 1 aliphatic rings. The summed E-state index contributed by atoms with van der Waals surface area (Å²) in [4.78, 5) is 1.90. The molecule has 1 aromatic rings. The number of ether oxygens (including phenoxy) is 1. The van der Waals surface area contributed by atoms with Gasteiger partial charge in [-0.1, -0.05) is 0 Å². The molecule has 2 N–H and O–H groups in total. The first-order valence-corrected chi connectivity index (χ1v) is 6.12. The van der Waals surface area contributed by atoms with Gasteiger partial charge in [-0.3, -0.25) is 0 Å². The SMILES string of the molecule is CC1OCCC1N(C)c1ccc(C(F)(F)F)cc1N. The molecule has 2 rings (SSSR count). The van der Waals surface area contributed by atoms with Crippen LogP contribution < -0.4 is 10.6 Å². The largest absolute Gasteiger partial charge is 0.416 e. The summed E-state index contributed by atoms with van der Waals surface area (Å²) in [5.74, 6) is 0. The highest BCUT2D eigenvalue weighted by Crippen LogP contribution is 2.35. The van der Waals surface area contributed by atoms with Crippen LogP contribution in [0.25, 0.3) is 0 Å². The lowest BCUT2D eigenvalue weighted by atomic mass is 10.1. The second-order valence-corrected chi connectivity index (χ2v) is 4.81. The Bertz CT molecular complexity index is 462. The van der Waals surface area contributed by atoms with Crippen LogP contribution in [0.2, 0.25) is 0 Å². The van der Waals surface area contributed by atoms with Crippen molar-refractivity contribution in [3.8, 4) is 0 Å². The van der Waals surface area contributed by atoms with Gasteiger partial charge in [0.2, 0.25) is 0 Å². The Labute approximate surface area is 110 Å². The van der Waals surface area contributed by atoms with Crippen LogP contribution in [-0.4, -0.2) is 25.8 Å². The molecule has 1 heterocycles. The van der Waals surface area contributed by atoms with Crippen LogP contribution in [0, 0.1) is 0 Å². The molecule has 6 heteroatoms. The lowest BCUT2D eigenvalue weighted by molar-refractivity contribution is -0.137. The van der Waals surface area contributed by atoms with Crippen molar-refractivity contribution >= 4 is 11.4 Å². The highest BCUT2D eigenvalue weighted by atomic mass is 19.4. The van der Waals surface area contributed by atoms with Crippen LogP contribution in [0.4, 0.5) is 24.5 Å². The van der Waals surface area contributed by atoms with Gasteiger partial charge in [-0.25, -0.2) is 0 Å². The van der Waals surface area contributed by atoms with Crippen LogP contribution in [0.1, 0.15) is 18.9 Å². The van der Waals surface area contributed by atoms with Gasteiger partial charge < -0.3 is 15.4 Å². The lowest BCUT2D eigenvalue weighted by Gasteiger charge is -2.30. The average Bonchev–Trinajstić information content (AvgIpc) is 2.73. The molecule has 0 amide bonds. The summed E-state index contributed by atoms with van der Waals surface area (Å²) in [5.41, 5.74) is 5.77. The third kappa shape index (κ3) is 2.78. The van der Waals surface area contributed by atoms with Crippen molar-refractivity contribution in [3.63, 3.8) is 0 Å². The van der Waals surface area contributed by atoms with E-state index in [1.807, 2.05) is 18.9 Å². The molecule has 2 unspecified atom stereocenters. The number of benzene rings is 1. The zero-order valence-electron chi connectivity index (χ0n) is 10.9. The molecule has 0 spiro atoms. The Hall–Kier alpha value is -1.43. The van der Waals surface area contributed by atoms with E-state index < -0.39 is 11.7 Å². The van der Waals surface area contributed by atoms with Gasteiger partial charge in [0.1, 0.15) is 0 Å². The fourth-order valence-corrected chi connectivity index (χ4v) is 2.46. The molecule has 1 saturated heterocycles. The van der Waals surface area contributed by atoms with E-state index >= 15 is 0 Å². The first kappa shape index (κ1) is 14.0. The van der Waals surface area contributed by atoms with E-state index in [0.29, 0.717) is 12.3 Å². The van der Waals surface area contributed by atoms with Crippen LogP contribution >= 0.6 is 0 Å². The molecule has 1 aliphatic heterocycles. The number of halogens is 3. The number of likely N-dealkylation sites (N-methyl/N-ethyl adjacent to an activating group) is 1. The first-order chi connectivity index (χ1) is 8.80. The predicted octanol–water partition coefficient (Wildman–Crippen LogP) is 2.90. The Morgan fingerprint density at radius 1 is 1.37 bits per heavy atom. The normalized spacial score (nSPS) is 23.6. The molecular formula is C13H17F3N2O. The van der Waals surface area contributed by atoms with Gasteiger partial charge in [0.25, 0.3) is 0 Å². The summed E-state index contributed by atoms with van der Waals surface area (Å²) in [6.07, 6.45) is -3.47. The maximum absolute atomic E-state index is 12.6. The molecule has 106 valence electrons. The van der Waals surface area contributed by atoms with E-state index in [9.17, 15) is 13.2 Å². The average molecular weight is 274 g/mol. The lowest BCUT2D eigenvalue weighted by Crippen LogP contribution is -2.37. The second kappa shape index (κ2) is 4.92. The Balaban J connectivity index is 2.26. The number of anilines is 2. The van der Waals surface area contributed by atoms with Gasteiger partial charge in [-0.15, -0.1) is 0 Å². The van der Waals surface area contributed by atoms with E-state index in [1.54, 1.807) is 0 Å². The number of hydrogen-bond donors (Lipinski definition) is 1. The molecule has 1 aromatic carbocycles. The number of rotatable bonds is 2. The molecule has 19 heavy (non-hydrogen) atoms. The third-order valence-corrected chi connectivity index (χ3v) is 3.57. The van der Waals surface area contributed by atoms with E-state index in [-0.39, 0.29) is 17.8 Å². The summed E-state index contributed by atoms with van der Waals surface area (Å²) >= 11 is 0. The summed E-state index contributed by atoms with van der Waals surface area (Å²) in [6.45, 7) is 2.62. The third-order valence-electron chi connectivity index (χ3n) is 3.57. The van der Waals surface area contributed by atoms with Gasteiger partial charge in [0.05, 0.1) is 29.1 Å². The first-order valence-electron chi connectivity index (χ1n) is 6.12. The van der Waals surface area contributed by atoms with E-state index in [4.69, 9.17) is 10.5 Å². The van der Waals surface area contributed by atoms with Crippen molar-refractivity contribution in [1.29, 1.82) is 0 Å². The zero-order chi connectivity index (χ0) is 14.2. The molecule has 0 bridgehead atoms. The van der Waals surface area contributed by atoms with Crippen molar-refractivity contribution in [2.45, 2.75) is 31.7 Å². The standard InChI is InChI=1S/C13H17F3N2O/c1-8-11(5-6-19-8)18(2)12-4-3-9(7-10(12)17)13(14,15)16/h3-4,7-8,11H,5-6,17H2,1-2H3. The van der Waals surface area contributed by atoms with Crippen molar-refractivity contribution in [3.05, 3.63) is 23.8 Å². The van der Waals surface area contributed by atoms with Crippen LogP contribution in [0.15, 0.2) is 18.2 Å². The number of nitrogen functional groups attached to an aromatic ring is 1. The minimum atomic E-state index is -4.37. The van der Waals surface area contributed by atoms with Gasteiger partial charge in [0.15, 0.2) is 0 Å². The van der Waals surface area contributed by atoms with E-state index in [1.165, 1.54) is 6.07 Å². The van der Waals surface area contributed by atoms with Crippen LogP contribution in [0.3, 0.4) is 0 Å². The highest BCUT2D eigenvalue weighted by molar-refractivity contribution is 5.69. The van der Waals surface area contributed by atoms with Crippen molar-refractivity contribution in [1.82, 2.24) is 0 Å². The summed E-state index contributed by atoms with van der Waals surface area (Å²) in [6, 6.07) is 3.59. The van der Waals surface area contributed by atoms with Crippen LogP contribution in [0.5, 0.6) is 0 Å². The monoisotopic (exact) mass is 274 g/mol. The maximum atomic E-state index is 12.6. The second-order valence-electron chi connectivity index (χ2n) is 4.81. The number of alkyl halides is 3. The summed E-state index contributed by atoms with van der Waals surface area (Å²) in [7, 11) is 1.83. The molecular weight excluding hydrogens is 257 g/mol. The summed E-state index contributed by atoms with van der Waals surface area (Å²) < 4.78 is 43.2. The highest BCUT2D eigenvalue weighted by Gasteiger charge is 2.32. The number of nitrogens with zero attached hydrogens (tertiary/aromatic N) is 1. The minimum absolute atomic E-state index is 0.0479. The van der Waals surface area contributed by atoms with Crippen molar-refractivity contribution < 1.29 is 17.9 Å². The Morgan fingerprint density at radius 2 is 2.05 bits per heavy atom. The number of hydrogen-bond acceptors (Lipinski definition) is 3. The van der Waals surface area contributed by atoms with Gasteiger partial charge in [0, 0.05) is 13.7 Å². The van der Waals surface area contributed by atoms with E-state index in [2.05, 4.69) is 0 Å². The molecule has 0 aliphatic carbocycles. The quantitative estimate of drug-likeness (QED) is 0.843.